The van der Waals surface area contributed by atoms with E-state index >= 15 is 0 Å². The number of aliphatic hydroxyl groups excluding tert-OH is 1. The molecule has 0 saturated heterocycles. The summed E-state index contributed by atoms with van der Waals surface area (Å²) in [5.41, 5.74) is -0.0755. The van der Waals surface area contributed by atoms with Gasteiger partial charge in [-0.25, -0.2) is 4.98 Å². The minimum Gasteiger partial charge on any atom is -0.396 e. The molecule has 0 aliphatic rings. The Morgan fingerprint density at radius 2 is 2.36 bits per heavy atom. The lowest BCUT2D eigenvalue weighted by atomic mass is 9.95. The minimum atomic E-state index is -0.0755. The topological polar surface area (TPSA) is 50.1 Å². The summed E-state index contributed by atoms with van der Waals surface area (Å²) in [4.78, 5) is 4.20. The maximum absolute atomic E-state index is 8.96. The van der Waals surface area contributed by atoms with E-state index in [-0.39, 0.29) is 12.1 Å². The molecule has 2 N–H and O–H groups in total. The van der Waals surface area contributed by atoms with Crippen molar-refractivity contribution in [3.05, 3.63) is 12.4 Å². The second kappa shape index (κ2) is 4.46. The average Bonchev–Trinajstić information content (AvgIpc) is 2.52. The van der Waals surface area contributed by atoms with Crippen LogP contribution in [0.3, 0.4) is 0 Å². The number of anilines is 1. The van der Waals surface area contributed by atoms with Crippen LogP contribution in [0.1, 0.15) is 26.7 Å². The zero-order valence-electron chi connectivity index (χ0n) is 9.12. The Morgan fingerprint density at radius 1 is 1.64 bits per heavy atom. The van der Waals surface area contributed by atoms with Crippen LogP contribution in [0.25, 0.3) is 0 Å². The van der Waals surface area contributed by atoms with Crippen LogP contribution in [0.4, 0.5) is 5.95 Å². The van der Waals surface area contributed by atoms with Gasteiger partial charge in [0.15, 0.2) is 0 Å². The maximum Gasteiger partial charge on any atom is 0.202 e. The molecule has 0 saturated carbocycles. The van der Waals surface area contributed by atoms with Crippen LogP contribution in [-0.2, 0) is 7.05 Å². The molecular formula is C10H19N3O. The van der Waals surface area contributed by atoms with Crippen molar-refractivity contribution in [3.63, 3.8) is 0 Å². The number of hydrogen-bond donors (Lipinski definition) is 2. The molecule has 0 aliphatic carbocycles. The lowest BCUT2D eigenvalue weighted by Crippen LogP contribution is -2.36. The fourth-order valence-electron chi connectivity index (χ4n) is 1.33. The van der Waals surface area contributed by atoms with Gasteiger partial charge in [-0.1, -0.05) is 6.92 Å². The third kappa shape index (κ3) is 2.48. The zero-order chi connectivity index (χ0) is 10.6. The first-order valence-electron chi connectivity index (χ1n) is 4.97. The lowest BCUT2D eigenvalue weighted by molar-refractivity contribution is 0.251. The summed E-state index contributed by atoms with van der Waals surface area (Å²) in [6.45, 7) is 4.39. The molecule has 0 aliphatic heterocycles. The van der Waals surface area contributed by atoms with E-state index in [2.05, 4.69) is 24.1 Å². The molecule has 1 aromatic rings. The molecule has 0 aromatic carbocycles. The van der Waals surface area contributed by atoms with Crippen molar-refractivity contribution < 1.29 is 5.11 Å². The first-order chi connectivity index (χ1) is 6.61. The highest BCUT2D eigenvalue weighted by Gasteiger charge is 2.22. The molecule has 1 unspecified atom stereocenters. The predicted octanol–water partition coefficient (Wildman–Crippen LogP) is 1.38. The summed E-state index contributed by atoms with van der Waals surface area (Å²) >= 11 is 0. The van der Waals surface area contributed by atoms with Crippen molar-refractivity contribution in [3.8, 4) is 0 Å². The summed E-state index contributed by atoms with van der Waals surface area (Å²) < 4.78 is 1.94. The quantitative estimate of drug-likeness (QED) is 0.750. The molecule has 14 heavy (non-hydrogen) atoms. The standard InChI is InChI=1S/C10H19N3O/c1-4-10(2,5-8-14)12-9-11-6-7-13(9)3/h6-7,14H,4-5,8H2,1-3H3,(H,11,12). The highest BCUT2D eigenvalue weighted by molar-refractivity contribution is 5.29. The summed E-state index contributed by atoms with van der Waals surface area (Å²) in [6.07, 6.45) is 5.35. The van der Waals surface area contributed by atoms with E-state index in [1.165, 1.54) is 0 Å². The maximum atomic E-state index is 8.96. The molecule has 4 nitrogen and oxygen atoms in total. The molecule has 4 heteroatoms. The van der Waals surface area contributed by atoms with Crippen LogP contribution in [0.2, 0.25) is 0 Å². The summed E-state index contributed by atoms with van der Waals surface area (Å²) in [6, 6.07) is 0. The third-order valence-corrected chi connectivity index (χ3v) is 2.68. The largest absolute Gasteiger partial charge is 0.396 e. The first-order valence-corrected chi connectivity index (χ1v) is 4.97. The Hall–Kier alpha value is -1.03. The van der Waals surface area contributed by atoms with Gasteiger partial charge in [0, 0.05) is 31.6 Å². The Labute approximate surface area is 85.0 Å². The normalized spacial score (nSPS) is 15.1. The van der Waals surface area contributed by atoms with Crippen LogP contribution in [0.5, 0.6) is 0 Å². The van der Waals surface area contributed by atoms with Gasteiger partial charge in [0.25, 0.3) is 0 Å². The van der Waals surface area contributed by atoms with Gasteiger partial charge in [0.05, 0.1) is 0 Å². The molecule has 80 valence electrons. The number of nitrogens with one attached hydrogen (secondary N) is 1. The third-order valence-electron chi connectivity index (χ3n) is 2.68. The predicted molar refractivity (Wildman–Crippen MR) is 57.2 cm³/mol. The number of rotatable bonds is 5. The van der Waals surface area contributed by atoms with Gasteiger partial charge in [0.2, 0.25) is 5.95 Å². The zero-order valence-corrected chi connectivity index (χ0v) is 9.12. The molecule has 1 aromatic heterocycles. The van der Waals surface area contributed by atoms with Crippen LogP contribution in [0.15, 0.2) is 12.4 Å². The van der Waals surface area contributed by atoms with Crippen molar-refractivity contribution in [2.24, 2.45) is 7.05 Å². The van der Waals surface area contributed by atoms with Crippen molar-refractivity contribution in [2.75, 3.05) is 11.9 Å². The SMILES string of the molecule is CCC(C)(CCO)Nc1nccn1C. The molecule has 1 rings (SSSR count). The van der Waals surface area contributed by atoms with Crippen LogP contribution in [-0.4, -0.2) is 26.8 Å². The van der Waals surface area contributed by atoms with E-state index < -0.39 is 0 Å². The molecule has 0 amide bonds. The Morgan fingerprint density at radius 3 is 2.79 bits per heavy atom. The van der Waals surface area contributed by atoms with E-state index in [0.717, 1.165) is 18.8 Å². The number of aryl methyl sites for hydroxylation is 1. The van der Waals surface area contributed by atoms with Gasteiger partial charge in [0.1, 0.15) is 0 Å². The van der Waals surface area contributed by atoms with Crippen LogP contribution < -0.4 is 5.32 Å². The van der Waals surface area contributed by atoms with E-state index in [4.69, 9.17) is 5.11 Å². The average molecular weight is 197 g/mol. The molecule has 0 spiro atoms. The van der Waals surface area contributed by atoms with E-state index in [1.54, 1.807) is 6.20 Å². The Balaban J connectivity index is 2.69. The van der Waals surface area contributed by atoms with Crippen LogP contribution in [0, 0.1) is 0 Å². The van der Waals surface area contributed by atoms with Gasteiger partial charge >= 0.3 is 0 Å². The second-order valence-electron chi connectivity index (χ2n) is 3.87. The fourth-order valence-corrected chi connectivity index (χ4v) is 1.33. The van der Waals surface area contributed by atoms with Crippen molar-refractivity contribution in [2.45, 2.75) is 32.2 Å². The highest BCUT2D eigenvalue weighted by atomic mass is 16.3. The van der Waals surface area contributed by atoms with Gasteiger partial charge in [-0.2, -0.15) is 0 Å². The van der Waals surface area contributed by atoms with Gasteiger partial charge in [-0.3, -0.25) is 0 Å². The monoisotopic (exact) mass is 197 g/mol. The molecule has 0 fully saturated rings. The number of imidazole rings is 1. The van der Waals surface area contributed by atoms with Gasteiger partial charge in [-0.15, -0.1) is 0 Å². The number of nitrogens with zero attached hydrogens (tertiary/aromatic N) is 2. The number of hydrogen-bond acceptors (Lipinski definition) is 3. The smallest absolute Gasteiger partial charge is 0.202 e. The molecule has 1 atom stereocenters. The summed E-state index contributed by atoms with van der Waals surface area (Å²) in [7, 11) is 1.95. The Bertz CT molecular complexity index is 285. The highest BCUT2D eigenvalue weighted by Crippen LogP contribution is 2.19. The van der Waals surface area contributed by atoms with E-state index in [9.17, 15) is 0 Å². The van der Waals surface area contributed by atoms with E-state index in [1.807, 2.05) is 17.8 Å². The van der Waals surface area contributed by atoms with Crippen molar-refractivity contribution in [1.82, 2.24) is 9.55 Å². The first kappa shape index (κ1) is 11.0. The minimum absolute atomic E-state index is 0.0755. The van der Waals surface area contributed by atoms with Crippen molar-refractivity contribution in [1.29, 1.82) is 0 Å². The lowest BCUT2D eigenvalue weighted by Gasteiger charge is -2.29. The fraction of sp³-hybridized carbons (Fsp3) is 0.700. The number of aliphatic hydroxyl groups is 1. The number of aromatic nitrogens is 2. The Kier molecular flexibility index (Phi) is 3.52. The molecule has 1 heterocycles. The second-order valence-corrected chi connectivity index (χ2v) is 3.87. The van der Waals surface area contributed by atoms with Crippen molar-refractivity contribution >= 4 is 5.95 Å². The van der Waals surface area contributed by atoms with Gasteiger partial charge < -0.3 is 15.0 Å². The molecule has 0 bridgehead atoms. The molecular weight excluding hydrogens is 178 g/mol. The van der Waals surface area contributed by atoms with Gasteiger partial charge in [-0.05, 0) is 19.8 Å². The summed E-state index contributed by atoms with van der Waals surface area (Å²) in [5, 5.41) is 12.3. The summed E-state index contributed by atoms with van der Waals surface area (Å²) in [5.74, 6) is 0.850. The van der Waals surface area contributed by atoms with Crippen LogP contribution >= 0.6 is 0 Å². The molecule has 0 radical (unpaired) electrons. The van der Waals surface area contributed by atoms with E-state index in [0.29, 0.717) is 0 Å².